The monoisotopic (exact) mass is 394 g/mol. The van der Waals surface area contributed by atoms with Crippen LogP contribution in [0.4, 0.5) is 4.39 Å². The van der Waals surface area contributed by atoms with Gasteiger partial charge in [-0.25, -0.2) is 4.39 Å². The van der Waals surface area contributed by atoms with Crippen LogP contribution in [-0.2, 0) is 16.0 Å². The number of esters is 1. The third kappa shape index (κ3) is 5.65. The Kier molecular flexibility index (Phi) is 6.98. The van der Waals surface area contributed by atoms with Crippen LogP contribution in [0.15, 0.2) is 78.9 Å². The maximum Gasteiger partial charge on any atom is 0.312 e. The van der Waals surface area contributed by atoms with Crippen molar-refractivity contribution in [3.63, 3.8) is 0 Å². The van der Waals surface area contributed by atoms with Crippen LogP contribution < -0.4 is 4.74 Å². The molecule has 0 bridgehead atoms. The van der Waals surface area contributed by atoms with E-state index in [-0.39, 0.29) is 13.0 Å². The van der Waals surface area contributed by atoms with E-state index in [1.165, 1.54) is 24.3 Å². The second kappa shape index (κ2) is 9.85. The van der Waals surface area contributed by atoms with E-state index in [9.17, 15) is 14.3 Å². The molecule has 0 saturated heterocycles. The third-order valence-corrected chi connectivity index (χ3v) is 4.54. The van der Waals surface area contributed by atoms with Gasteiger partial charge in [0.1, 0.15) is 17.3 Å². The van der Waals surface area contributed by atoms with E-state index >= 15 is 0 Å². The zero-order valence-corrected chi connectivity index (χ0v) is 16.1. The van der Waals surface area contributed by atoms with Gasteiger partial charge in [0.15, 0.2) is 0 Å². The van der Waals surface area contributed by atoms with Gasteiger partial charge >= 0.3 is 5.97 Å². The summed E-state index contributed by atoms with van der Waals surface area (Å²) in [4.78, 5) is 12.5. The van der Waals surface area contributed by atoms with Gasteiger partial charge in [0.2, 0.25) is 0 Å². The maximum atomic E-state index is 13.2. The Labute approximate surface area is 169 Å². The molecule has 1 N–H and O–H groups in total. The van der Waals surface area contributed by atoms with Crippen LogP contribution >= 0.6 is 0 Å². The summed E-state index contributed by atoms with van der Waals surface area (Å²) < 4.78 is 24.1. The highest BCUT2D eigenvalue weighted by atomic mass is 19.1. The molecule has 0 aliphatic carbocycles. The molecule has 0 spiro atoms. The Hall–Kier alpha value is -3.18. The van der Waals surface area contributed by atoms with Crippen molar-refractivity contribution in [1.82, 2.24) is 0 Å². The number of halogens is 1. The molecular formula is C24H23FO4. The first-order chi connectivity index (χ1) is 14.1. The third-order valence-electron chi connectivity index (χ3n) is 4.54. The van der Waals surface area contributed by atoms with Gasteiger partial charge in [-0.3, -0.25) is 4.79 Å². The number of hydrogen-bond donors (Lipinski definition) is 1. The van der Waals surface area contributed by atoms with Crippen molar-refractivity contribution in [2.24, 2.45) is 5.92 Å². The summed E-state index contributed by atoms with van der Waals surface area (Å²) in [6.07, 6.45) is -0.821. The molecule has 0 aromatic heterocycles. The molecule has 3 rings (SSSR count). The van der Waals surface area contributed by atoms with Gasteiger partial charge in [0.05, 0.1) is 18.6 Å². The van der Waals surface area contributed by atoms with E-state index < -0.39 is 23.8 Å². The average Bonchev–Trinajstić information content (AvgIpc) is 2.74. The summed E-state index contributed by atoms with van der Waals surface area (Å²) in [6, 6.07) is 22.2. The summed E-state index contributed by atoms with van der Waals surface area (Å²) in [5, 5.41) is 10.7. The summed E-state index contributed by atoms with van der Waals surface area (Å²) in [5.41, 5.74) is 1.32. The lowest BCUT2D eigenvalue weighted by molar-refractivity contribution is -0.152. The molecule has 150 valence electrons. The molecule has 0 fully saturated rings. The van der Waals surface area contributed by atoms with Crippen molar-refractivity contribution in [3.8, 4) is 11.5 Å². The van der Waals surface area contributed by atoms with Crippen molar-refractivity contribution in [2.75, 3.05) is 6.61 Å². The summed E-state index contributed by atoms with van der Waals surface area (Å²) in [5.74, 6) is -0.291. The number of carbonyl (C=O) groups is 1. The van der Waals surface area contributed by atoms with Gasteiger partial charge in [0.25, 0.3) is 0 Å². The van der Waals surface area contributed by atoms with Crippen molar-refractivity contribution >= 4 is 5.97 Å². The van der Waals surface area contributed by atoms with Crippen LogP contribution in [0.3, 0.4) is 0 Å². The van der Waals surface area contributed by atoms with Gasteiger partial charge in [-0.15, -0.1) is 0 Å². The first kappa shape index (κ1) is 20.6. The normalized spacial score (nSPS) is 12.8. The van der Waals surface area contributed by atoms with Gasteiger partial charge in [-0.1, -0.05) is 42.5 Å². The number of hydrogen-bond acceptors (Lipinski definition) is 4. The van der Waals surface area contributed by atoms with Crippen LogP contribution in [0.1, 0.15) is 24.2 Å². The molecule has 0 aliphatic heterocycles. The van der Waals surface area contributed by atoms with Crippen LogP contribution in [0.2, 0.25) is 0 Å². The molecule has 29 heavy (non-hydrogen) atoms. The molecule has 0 heterocycles. The van der Waals surface area contributed by atoms with E-state index in [4.69, 9.17) is 9.47 Å². The van der Waals surface area contributed by atoms with Gasteiger partial charge < -0.3 is 14.6 Å². The number of aliphatic hydroxyl groups is 1. The smallest absolute Gasteiger partial charge is 0.312 e. The number of ether oxygens (including phenoxy) is 2. The molecule has 0 saturated carbocycles. The molecular weight excluding hydrogens is 371 g/mol. The number of carbonyl (C=O) groups excluding carboxylic acids is 1. The zero-order valence-electron chi connectivity index (χ0n) is 16.1. The number of benzene rings is 3. The molecule has 2 atom stereocenters. The van der Waals surface area contributed by atoms with Crippen molar-refractivity contribution in [3.05, 3.63) is 95.8 Å². The predicted molar refractivity (Wildman–Crippen MR) is 108 cm³/mol. The van der Waals surface area contributed by atoms with E-state index in [2.05, 4.69) is 0 Å². The number of para-hydroxylation sites is 1. The Morgan fingerprint density at radius 2 is 1.55 bits per heavy atom. The lowest BCUT2D eigenvalue weighted by Crippen LogP contribution is -2.26. The molecule has 5 heteroatoms. The second-order valence-corrected chi connectivity index (χ2v) is 6.62. The van der Waals surface area contributed by atoms with Crippen LogP contribution in [0.25, 0.3) is 0 Å². The molecule has 0 amide bonds. The highest BCUT2D eigenvalue weighted by Crippen LogP contribution is 2.28. The SMILES string of the molecule is CCOC(=O)C(Cc1ccc(Oc2ccccc2)cc1)C(O)c1ccc(F)cc1. The largest absolute Gasteiger partial charge is 0.466 e. The van der Waals surface area contributed by atoms with Crippen LogP contribution in [-0.4, -0.2) is 17.7 Å². The van der Waals surface area contributed by atoms with E-state index in [0.29, 0.717) is 11.3 Å². The van der Waals surface area contributed by atoms with Crippen LogP contribution in [0, 0.1) is 11.7 Å². The fourth-order valence-corrected chi connectivity index (χ4v) is 3.04. The zero-order chi connectivity index (χ0) is 20.6. The predicted octanol–water partition coefficient (Wildman–Crippen LogP) is 5.07. The molecule has 0 aliphatic rings. The Morgan fingerprint density at radius 1 is 0.931 bits per heavy atom. The standard InChI is InChI=1S/C24H23FO4/c1-2-28-24(27)22(23(26)18-10-12-19(25)13-11-18)16-17-8-14-21(15-9-17)29-20-6-4-3-5-7-20/h3-15,22-23,26H,2,16H2,1H3. The fourth-order valence-electron chi connectivity index (χ4n) is 3.04. The van der Waals surface area contributed by atoms with Crippen molar-refractivity contribution in [2.45, 2.75) is 19.4 Å². The first-order valence-corrected chi connectivity index (χ1v) is 9.49. The lowest BCUT2D eigenvalue weighted by Gasteiger charge is -2.22. The molecule has 2 unspecified atom stereocenters. The quantitative estimate of drug-likeness (QED) is 0.542. The second-order valence-electron chi connectivity index (χ2n) is 6.62. The van der Waals surface area contributed by atoms with Gasteiger partial charge in [0, 0.05) is 0 Å². The highest BCUT2D eigenvalue weighted by Gasteiger charge is 2.29. The lowest BCUT2D eigenvalue weighted by atomic mass is 9.90. The fraction of sp³-hybridized carbons (Fsp3) is 0.208. The first-order valence-electron chi connectivity index (χ1n) is 9.49. The maximum absolute atomic E-state index is 13.2. The highest BCUT2D eigenvalue weighted by molar-refractivity contribution is 5.74. The van der Waals surface area contributed by atoms with Gasteiger partial charge in [-0.05, 0) is 60.9 Å². The van der Waals surface area contributed by atoms with Crippen molar-refractivity contribution < 1.29 is 23.8 Å². The van der Waals surface area contributed by atoms with E-state index in [0.717, 1.165) is 11.3 Å². The Balaban J connectivity index is 1.74. The van der Waals surface area contributed by atoms with Crippen LogP contribution in [0.5, 0.6) is 11.5 Å². The molecule has 0 radical (unpaired) electrons. The Bertz CT molecular complexity index is 908. The van der Waals surface area contributed by atoms with Crippen molar-refractivity contribution in [1.29, 1.82) is 0 Å². The molecule has 3 aromatic carbocycles. The average molecular weight is 394 g/mol. The summed E-state index contributed by atoms with van der Waals surface area (Å²) in [7, 11) is 0. The number of rotatable bonds is 8. The van der Waals surface area contributed by atoms with E-state index in [1.54, 1.807) is 6.92 Å². The number of aliphatic hydroxyl groups excluding tert-OH is 1. The Morgan fingerprint density at radius 3 is 2.17 bits per heavy atom. The summed E-state index contributed by atoms with van der Waals surface area (Å²) in [6.45, 7) is 1.93. The molecule has 3 aromatic rings. The van der Waals surface area contributed by atoms with E-state index in [1.807, 2.05) is 54.6 Å². The molecule has 4 nitrogen and oxygen atoms in total. The van der Waals surface area contributed by atoms with Gasteiger partial charge in [-0.2, -0.15) is 0 Å². The summed E-state index contributed by atoms with van der Waals surface area (Å²) >= 11 is 0. The minimum absolute atomic E-state index is 0.218. The minimum Gasteiger partial charge on any atom is -0.466 e. The minimum atomic E-state index is -1.10. The topological polar surface area (TPSA) is 55.8 Å².